The zero-order chi connectivity index (χ0) is 18.5. The highest BCUT2D eigenvalue weighted by Gasteiger charge is 2.20. The third kappa shape index (κ3) is 4.42. The molecule has 0 bridgehead atoms. The summed E-state index contributed by atoms with van der Waals surface area (Å²) >= 11 is 0. The number of benzene rings is 1. The lowest BCUT2D eigenvalue weighted by molar-refractivity contribution is 0.0559. The fraction of sp³-hybridized carbons (Fsp3) is 0.421. The minimum Gasteiger partial charge on any atom is -0.496 e. The van der Waals surface area contributed by atoms with Crippen LogP contribution in [-0.4, -0.2) is 56.2 Å². The van der Waals surface area contributed by atoms with Gasteiger partial charge in [-0.25, -0.2) is 9.18 Å². The molecule has 0 saturated carbocycles. The van der Waals surface area contributed by atoms with Crippen LogP contribution in [0.4, 0.5) is 4.39 Å². The second kappa shape index (κ2) is 8.33. The van der Waals surface area contributed by atoms with Crippen molar-refractivity contribution in [3.63, 3.8) is 0 Å². The smallest absolute Gasteiger partial charge is 0.373 e. The third-order valence-corrected chi connectivity index (χ3v) is 4.53. The number of carbonyl (C=O) groups is 1. The second-order valence-electron chi connectivity index (χ2n) is 6.27. The molecule has 26 heavy (non-hydrogen) atoms. The Hall–Kier alpha value is -2.38. The molecule has 0 N–H and O–H groups in total. The molecule has 0 unspecified atom stereocenters. The van der Waals surface area contributed by atoms with Crippen LogP contribution in [0, 0.1) is 5.82 Å². The van der Waals surface area contributed by atoms with Gasteiger partial charge in [0.05, 0.1) is 20.8 Å². The minimum atomic E-state index is -0.467. The summed E-state index contributed by atoms with van der Waals surface area (Å²) < 4.78 is 29.0. The van der Waals surface area contributed by atoms with Crippen LogP contribution in [-0.2, 0) is 17.8 Å². The summed E-state index contributed by atoms with van der Waals surface area (Å²) in [6, 6.07) is 8.04. The number of carbonyl (C=O) groups excluding carboxylic acids is 1. The number of furan rings is 1. The van der Waals surface area contributed by atoms with Crippen LogP contribution in [0.25, 0.3) is 0 Å². The largest absolute Gasteiger partial charge is 0.496 e. The Labute approximate surface area is 152 Å². The Balaban J connectivity index is 1.52. The van der Waals surface area contributed by atoms with Gasteiger partial charge in [-0.15, -0.1) is 0 Å². The number of halogens is 1. The number of hydrogen-bond acceptors (Lipinski definition) is 6. The highest BCUT2D eigenvalue weighted by molar-refractivity contribution is 5.86. The van der Waals surface area contributed by atoms with Gasteiger partial charge in [-0.05, 0) is 30.3 Å². The first-order valence-corrected chi connectivity index (χ1v) is 8.53. The predicted molar refractivity (Wildman–Crippen MR) is 93.6 cm³/mol. The SMILES string of the molecule is COC(=O)c1ccc(CN2CCN(Cc3cc(F)ccc3OC)CC2)o1. The van der Waals surface area contributed by atoms with E-state index in [1.807, 2.05) is 0 Å². The maximum atomic E-state index is 13.5. The highest BCUT2D eigenvalue weighted by Crippen LogP contribution is 2.22. The number of ether oxygens (including phenoxy) is 2. The van der Waals surface area contributed by atoms with Gasteiger partial charge in [-0.1, -0.05) is 0 Å². The lowest BCUT2D eigenvalue weighted by atomic mass is 10.1. The van der Waals surface area contributed by atoms with Crippen molar-refractivity contribution in [2.45, 2.75) is 13.1 Å². The first-order chi connectivity index (χ1) is 12.6. The van der Waals surface area contributed by atoms with E-state index in [4.69, 9.17) is 9.15 Å². The average molecular weight is 362 g/mol. The summed E-state index contributed by atoms with van der Waals surface area (Å²) in [7, 11) is 2.93. The summed E-state index contributed by atoms with van der Waals surface area (Å²) in [5, 5.41) is 0. The minimum absolute atomic E-state index is 0.222. The molecule has 1 saturated heterocycles. The van der Waals surface area contributed by atoms with Crippen LogP contribution in [0.3, 0.4) is 0 Å². The Kier molecular flexibility index (Phi) is 5.90. The topological polar surface area (TPSA) is 55.2 Å². The lowest BCUT2D eigenvalue weighted by Crippen LogP contribution is -2.45. The molecule has 0 amide bonds. The van der Waals surface area contributed by atoms with Gasteiger partial charge in [-0.2, -0.15) is 0 Å². The van der Waals surface area contributed by atoms with E-state index in [0.29, 0.717) is 18.8 Å². The molecule has 6 nitrogen and oxygen atoms in total. The predicted octanol–water partition coefficient (Wildman–Crippen LogP) is 2.53. The number of piperazine rings is 1. The van der Waals surface area contributed by atoms with E-state index >= 15 is 0 Å². The van der Waals surface area contributed by atoms with Crippen LogP contribution >= 0.6 is 0 Å². The Bertz CT molecular complexity index is 754. The molecule has 0 atom stereocenters. The molecule has 1 aromatic carbocycles. The van der Waals surface area contributed by atoms with Gasteiger partial charge in [-0.3, -0.25) is 9.80 Å². The fourth-order valence-corrected chi connectivity index (χ4v) is 3.11. The summed E-state index contributed by atoms with van der Waals surface area (Å²) in [5.74, 6) is 0.952. The van der Waals surface area contributed by atoms with E-state index < -0.39 is 5.97 Å². The van der Waals surface area contributed by atoms with Crippen molar-refractivity contribution in [2.75, 3.05) is 40.4 Å². The van der Waals surface area contributed by atoms with Crippen molar-refractivity contribution in [3.05, 3.63) is 53.2 Å². The lowest BCUT2D eigenvalue weighted by Gasteiger charge is -2.34. The quantitative estimate of drug-likeness (QED) is 0.736. The van der Waals surface area contributed by atoms with Gasteiger partial charge >= 0.3 is 5.97 Å². The monoisotopic (exact) mass is 362 g/mol. The number of esters is 1. The van der Waals surface area contributed by atoms with Crippen molar-refractivity contribution in [3.8, 4) is 5.75 Å². The van der Waals surface area contributed by atoms with Gasteiger partial charge in [0.1, 0.15) is 17.3 Å². The zero-order valence-electron chi connectivity index (χ0n) is 15.0. The van der Waals surface area contributed by atoms with Gasteiger partial charge < -0.3 is 13.9 Å². The first-order valence-electron chi connectivity index (χ1n) is 8.53. The molecule has 1 aliphatic heterocycles. The molecule has 2 aromatic rings. The molecule has 0 spiro atoms. The van der Waals surface area contributed by atoms with E-state index in [1.165, 1.54) is 19.2 Å². The van der Waals surface area contributed by atoms with Gasteiger partial charge in [0.2, 0.25) is 5.76 Å². The van der Waals surface area contributed by atoms with E-state index in [1.54, 1.807) is 25.3 Å². The molecule has 2 heterocycles. The van der Waals surface area contributed by atoms with Crippen LogP contribution in [0.5, 0.6) is 5.75 Å². The van der Waals surface area contributed by atoms with E-state index in [2.05, 4.69) is 14.5 Å². The first kappa shape index (κ1) is 18.4. The van der Waals surface area contributed by atoms with Crippen LogP contribution in [0.1, 0.15) is 21.9 Å². The Morgan fingerprint density at radius 1 is 1.08 bits per heavy atom. The summed E-state index contributed by atoms with van der Waals surface area (Å²) in [5.41, 5.74) is 0.856. The summed E-state index contributed by atoms with van der Waals surface area (Å²) in [4.78, 5) is 16.0. The van der Waals surface area contributed by atoms with Gasteiger partial charge in [0, 0.05) is 38.3 Å². The number of hydrogen-bond donors (Lipinski definition) is 0. The van der Waals surface area contributed by atoms with E-state index in [9.17, 15) is 9.18 Å². The van der Waals surface area contributed by atoms with Gasteiger partial charge in [0.15, 0.2) is 0 Å². The zero-order valence-corrected chi connectivity index (χ0v) is 15.0. The summed E-state index contributed by atoms with van der Waals surface area (Å²) in [6.07, 6.45) is 0. The Morgan fingerprint density at radius 2 is 1.77 bits per heavy atom. The number of methoxy groups -OCH3 is 2. The summed E-state index contributed by atoms with van der Waals surface area (Å²) in [6.45, 7) is 4.77. The van der Waals surface area contributed by atoms with E-state index in [-0.39, 0.29) is 11.6 Å². The molecule has 1 aliphatic rings. The molecule has 140 valence electrons. The molecule has 7 heteroatoms. The normalized spacial score (nSPS) is 15.8. The van der Waals surface area contributed by atoms with Crippen molar-refractivity contribution in [1.29, 1.82) is 0 Å². The molecule has 1 aromatic heterocycles. The number of nitrogens with zero attached hydrogens (tertiary/aromatic N) is 2. The Morgan fingerprint density at radius 3 is 2.42 bits per heavy atom. The highest BCUT2D eigenvalue weighted by atomic mass is 19.1. The maximum absolute atomic E-state index is 13.5. The van der Waals surface area contributed by atoms with Gasteiger partial charge in [0.25, 0.3) is 0 Å². The van der Waals surface area contributed by atoms with Crippen molar-refractivity contribution < 1.29 is 23.1 Å². The number of rotatable bonds is 6. The molecule has 1 fully saturated rings. The second-order valence-corrected chi connectivity index (χ2v) is 6.27. The van der Waals surface area contributed by atoms with Crippen molar-refractivity contribution in [2.24, 2.45) is 0 Å². The van der Waals surface area contributed by atoms with Crippen molar-refractivity contribution >= 4 is 5.97 Å². The third-order valence-electron chi connectivity index (χ3n) is 4.53. The molecule has 3 rings (SSSR count). The molecular formula is C19H23FN2O4. The van der Waals surface area contributed by atoms with Crippen LogP contribution in [0.2, 0.25) is 0 Å². The fourth-order valence-electron chi connectivity index (χ4n) is 3.11. The van der Waals surface area contributed by atoms with Crippen molar-refractivity contribution in [1.82, 2.24) is 9.80 Å². The average Bonchev–Trinajstić information content (AvgIpc) is 3.11. The molecule has 0 radical (unpaired) electrons. The standard InChI is InChI=1S/C19H23FN2O4/c1-24-17-5-3-15(20)11-14(17)12-21-7-9-22(10-8-21)13-16-4-6-18(26-16)19(23)25-2/h3-6,11H,7-10,12-13H2,1-2H3. The van der Waals surface area contributed by atoms with E-state index in [0.717, 1.165) is 37.5 Å². The molecular weight excluding hydrogens is 339 g/mol. The maximum Gasteiger partial charge on any atom is 0.373 e. The van der Waals surface area contributed by atoms with Crippen LogP contribution in [0.15, 0.2) is 34.7 Å². The molecule has 0 aliphatic carbocycles. The van der Waals surface area contributed by atoms with Crippen LogP contribution < -0.4 is 4.74 Å².